The van der Waals surface area contributed by atoms with Crippen molar-refractivity contribution in [1.82, 2.24) is 10.6 Å². The molecule has 0 aliphatic heterocycles. The summed E-state index contributed by atoms with van der Waals surface area (Å²) in [6.45, 7) is 2.63. The second-order valence-corrected chi connectivity index (χ2v) is 8.19. The van der Waals surface area contributed by atoms with Crippen LogP contribution < -0.4 is 10.6 Å². The van der Waals surface area contributed by atoms with Crippen LogP contribution >= 0.6 is 0 Å². The highest BCUT2D eigenvalue weighted by atomic mass is 16.3. The summed E-state index contributed by atoms with van der Waals surface area (Å²) in [7, 11) is 0. The Hall–Kier alpha value is -1.88. The summed E-state index contributed by atoms with van der Waals surface area (Å²) in [6, 6.07) is 9.46. The van der Waals surface area contributed by atoms with Crippen molar-refractivity contribution >= 4 is 11.8 Å². The Labute approximate surface area is 161 Å². The van der Waals surface area contributed by atoms with Crippen molar-refractivity contribution in [2.24, 2.45) is 5.92 Å². The van der Waals surface area contributed by atoms with Crippen molar-refractivity contribution in [3.8, 4) is 0 Å². The van der Waals surface area contributed by atoms with Crippen molar-refractivity contribution < 1.29 is 14.7 Å². The number of hydrogen-bond acceptors (Lipinski definition) is 3. The van der Waals surface area contributed by atoms with Gasteiger partial charge in [-0.2, -0.15) is 0 Å². The van der Waals surface area contributed by atoms with Crippen LogP contribution in [0.1, 0.15) is 70.3 Å². The van der Waals surface area contributed by atoms with E-state index in [2.05, 4.69) is 10.6 Å². The molecule has 1 unspecified atom stereocenters. The number of carbonyl (C=O) groups is 2. The third-order valence-electron chi connectivity index (χ3n) is 6.01. The van der Waals surface area contributed by atoms with Crippen molar-refractivity contribution in [2.45, 2.75) is 75.9 Å². The number of rotatable bonds is 8. The maximum atomic E-state index is 13.0. The largest absolute Gasteiger partial charge is 0.384 e. The average Bonchev–Trinajstić information content (AvgIpc) is 3.53. The first kappa shape index (κ1) is 19.9. The van der Waals surface area contributed by atoms with Crippen molar-refractivity contribution in [3.63, 3.8) is 0 Å². The fourth-order valence-corrected chi connectivity index (χ4v) is 4.30. The third-order valence-corrected chi connectivity index (χ3v) is 6.01. The fourth-order valence-electron chi connectivity index (χ4n) is 4.30. The average molecular weight is 373 g/mol. The lowest BCUT2D eigenvalue weighted by Crippen LogP contribution is -2.60. The number of amides is 2. The van der Waals surface area contributed by atoms with Gasteiger partial charge in [-0.05, 0) is 43.6 Å². The molecule has 1 aromatic carbocycles. The normalized spacial score (nSPS) is 21.1. The molecule has 2 aliphatic rings. The highest BCUT2D eigenvalue weighted by Gasteiger charge is 2.48. The van der Waals surface area contributed by atoms with Crippen LogP contribution in [0, 0.1) is 5.92 Å². The minimum absolute atomic E-state index is 0.00445. The molecular weight excluding hydrogens is 340 g/mol. The van der Waals surface area contributed by atoms with Crippen LogP contribution in [0.3, 0.4) is 0 Å². The zero-order valence-corrected chi connectivity index (χ0v) is 16.3. The molecular formula is C22H32N2O3. The Bertz CT molecular complexity index is 651. The molecule has 5 heteroatoms. The predicted molar refractivity (Wildman–Crippen MR) is 105 cm³/mol. The highest BCUT2D eigenvalue weighted by Crippen LogP contribution is 2.47. The van der Waals surface area contributed by atoms with Crippen LogP contribution in [0.2, 0.25) is 0 Å². The summed E-state index contributed by atoms with van der Waals surface area (Å²) in [5.74, 6) is -0.198. The second kappa shape index (κ2) is 8.42. The molecule has 5 nitrogen and oxygen atoms in total. The molecule has 0 bridgehead atoms. The molecule has 3 rings (SSSR count). The quantitative estimate of drug-likeness (QED) is 0.656. The van der Waals surface area contributed by atoms with Crippen LogP contribution in [0.4, 0.5) is 0 Å². The van der Waals surface area contributed by atoms with E-state index in [1.54, 1.807) is 0 Å². The van der Waals surface area contributed by atoms with Crippen molar-refractivity contribution in [2.75, 3.05) is 6.54 Å². The van der Waals surface area contributed by atoms with E-state index >= 15 is 0 Å². The van der Waals surface area contributed by atoms with E-state index in [4.69, 9.17) is 0 Å². The number of hydrogen-bond donors (Lipinski definition) is 3. The third kappa shape index (κ3) is 4.52. The smallest absolute Gasteiger partial charge is 0.245 e. The molecule has 0 aromatic heterocycles. The van der Waals surface area contributed by atoms with Gasteiger partial charge in [-0.3, -0.25) is 9.59 Å². The van der Waals surface area contributed by atoms with Gasteiger partial charge in [0, 0.05) is 6.54 Å². The van der Waals surface area contributed by atoms with Crippen LogP contribution in [0.25, 0.3) is 0 Å². The van der Waals surface area contributed by atoms with E-state index in [0.29, 0.717) is 19.4 Å². The van der Waals surface area contributed by atoms with Crippen molar-refractivity contribution in [3.05, 3.63) is 35.9 Å². The second-order valence-electron chi connectivity index (χ2n) is 8.19. The van der Waals surface area contributed by atoms with Crippen LogP contribution in [0.5, 0.6) is 0 Å². The molecule has 0 spiro atoms. The van der Waals surface area contributed by atoms with Gasteiger partial charge < -0.3 is 15.7 Å². The first-order valence-corrected chi connectivity index (χ1v) is 10.4. The van der Waals surface area contributed by atoms with Gasteiger partial charge >= 0.3 is 0 Å². The summed E-state index contributed by atoms with van der Waals surface area (Å²) in [5.41, 5.74) is -1.19. The zero-order valence-electron chi connectivity index (χ0n) is 16.3. The maximum Gasteiger partial charge on any atom is 0.245 e. The van der Waals surface area contributed by atoms with Crippen molar-refractivity contribution in [1.29, 1.82) is 0 Å². The van der Waals surface area contributed by atoms with Crippen LogP contribution in [0.15, 0.2) is 30.3 Å². The highest BCUT2D eigenvalue weighted by molar-refractivity contribution is 5.92. The van der Waals surface area contributed by atoms with Crippen LogP contribution in [-0.2, 0) is 15.2 Å². The minimum atomic E-state index is -1.15. The summed E-state index contributed by atoms with van der Waals surface area (Å²) in [4.78, 5) is 25.8. The molecule has 0 heterocycles. The Kier molecular flexibility index (Phi) is 6.20. The van der Waals surface area contributed by atoms with Gasteiger partial charge in [0.2, 0.25) is 11.8 Å². The molecule has 3 N–H and O–H groups in total. The molecule has 148 valence electrons. The lowest BCUT2D eigenvalue weighted by molar-refractivity contribution is -0.138. The summed E-state index contributed by atoms with van der Waals surface area (Å²) < 4.78 is 0. The van der Waals surface area contributed by atoms with Gasteiger partial charge in [0.1, 0.15) is 11.1 Å². The van der Waals surface area contributed by atoms with Crippen LogP contribution in [-0.4, -0.2) is 29.0 Å². The van der Waals surface area contributed by atoms with Gasteiger partial charge in [-0.1, -0.05) is 56.5 Å². The fraction of sp³-hybridized carbons (Fsp3) is 0.636. The van der Waals surface area contributed by atoms with Gasteiger partial charge in [0.15, 0.2) is 0 Å². The monoisotopic (exact) mass is 372 g/mol. The molecule has 1 aromatic rings. The van der Waals surface area contributed by atoms with E-state index in [1.165, 1.54) is 0 Å². The minimum Gasteiger partial charge on any atom is -0.384 e. The molecule has 0 saturated heterocycles. The topological polar surface area (TPSA) is 78.4 Å². The molecule has 2 aliphatic carbocycles. The molecule has 2 saturated carbocycles. The lowest BCUT2D eigenvalue weighted by Gasteiger charge is -2.38. The Morgan fingerprint density at radius 1 is 1.15 bits per heavy atom. The molecule has 1 atom stereocenters. The van der Waals surface area contributed by atoms with Gasteiger partial charge in [-0.25, -0.2) is 0 Å². The zero-order chi connectivity index (χ0) is 19.3. The van der Waals surface area contributed by atoms with E-state index in [0.717, 1.165) is 44.1 Å². The molecule has 2 amide bonds. The maximum absolute atomic E-state index is 13.0. The van der Waals surface area contributed by atoms with E-state index in [-0.39, 0.29) is 24.2 Å². The number of carbonyl (C=O) groups excluding carboxylic acids is 2. The summed E-state index contributed by atoms with van der Waals surface area (Å²) in [5, 5.41) is 17.3. The lowest BCUT2D eigenvalue weighted by atomic mass is 9.79. The Morgan fingerprint density at radius 3 is 2.41 bits per heavy atom. The molecule has 0 radical (unpaired) electrons. The molecule has 27 heavy (non-hydrogen) atoms. The standard InChI is InChI=1S/C22H32N2O3/c1-2-15-23-20(26)21(13-7-4-8-14-21)24-19(25)16-22(27,18-11-12-18)17-9-5-3-6-10-17/h3,5-6,9-10,18,27H,2,4,7-8,11-16H2,1H3,(H,23,26)(H,24,25). The SMILES string of the molecule is CCCNC(=O)C1(NC(=O)CC(O)(c2ccccc2)C2CC2)CCCCC1. The van der Waals surface area contributed by atoms with E-state index in [9.17, 15) is 14.7 Å². The summed E-state index contributed by atoms with van der Waals surface area (Å²) in [6.07, 6.45) is 7.03. The van der Waals surface area contributed by atoms with E-state index in [1.807, 2.05) is 37.3 Å². The van der Waals surface area contributed by atoms with Gasteiger partial charge in [0.25, 0.3) is 0 Å². The van der Waals surface area contributed by atoms with Gasteiger partial charge in [0.05, 0.1) is 6.42 Å². The number of aliphatic hydroxyl groups is 1. The Balaban J connectivity index is 1.74. The predicted octanol–water partition coefficient (Wildman–Crippen LogP) is 3.02. The van der Waals surface area contributed by atoms with Gasteiger partial charge in [-0.15, -0.1) is 0 Å². The summed E-state index contributed by atoms with van der Waals surface area (Å²) >= 11 is 0. The first-order valence-electron chi connectivity index (χ1n) is 10.4. The first-order chi connectivity index (χ1) is 13.0. The van der Waals surface area contributed by atoms with E-state index < -0.39 is 11.1 Å². The number of benzene rings is 1. The number of nitrogens with one attached hydrogen (secondary N) is 2. The molecule has 2 fully saturated rings. The Morgan fingerprint density at radius 2 is 1.81 bits per heavy atom.